The van der Waals surface area contributed by atoms with E-state index in [1.807, 2.05) is 0 Å². The number of rotatable bonds is 9. The number of hydrogen-bond donors (Lipinski definition) is 4. The first-order valence-electron chi connectivity index (χ1n) is 9.77. The topological polar surface area (TPSA) is 178 Å². The van der Waals surface area contributed by atoms with Gasteiger partial charge in [-0.25, -0.2) is 4.79 Å². The van der Waals surface area contributed by atoms with E-state index in [1.165, 1.54) is 7.11 Å². The van der Waals surface area contributed by atoms with Crippen LogP contribution in [0.25, 0.3) is 0 Å². The number of benzene rings is 1. The van der Waals surface area contributed by atoms with E-state index >= 15 is 0 Å². The molecule has 182 valence electrons. The van der Waals surface area contributed by atoms with Gasteiger partial charge in [0.25, 0.3) is 5.91 Å². The van der Waals surface area contributed by atoms with Gasteiger partial charge >= 0.3 is 11.7 Å². The smallest absolute Gasteiger partial charge is 0.330 e. The fourth-order valence-electron chi connectivity index (χ4n) is 3.51. The van der Waals surface area contributed by atoms with Gasteiger partial charge < -0.3 is 35.3 Å². The predicted molar refractivity (Wildman–Crippen MR) is 115 cm³/mol. The molecule has 1 aromatic carbocycles. The van der Waals surface area contributed by atoms with Crippen LogP contribution >= 0.6 is 11.6 Å². The zero-order chi connectivity index (χ0) is 24.8. The third-order valence-corrected chi connectivity index (χ3v) is 5.50. The van der Waals surface area contributed by atoms with Gasteiger partial charge in [-0.15, -0.1) is 0 Å². The minimum Gasteiger partial charge on any atom is -0.494 e. The molecule has 14 heteroatoms. The van der Waals surface area contributed by atoms with E-state index in [2.05, 4.69) is 20.7 Å². The van der Waals surface area contributed by atoms with Crippen LogP contribution in [0.1, 0.15) is 23.2 Å². The van der Waals surface area contributed by atoms with Crippen molar-refractivity contribution in [2.24, 2.45) is 0 Å². The second-order valence-corrected chi connectivity index (χ2v) is 7.50. The number of nitrogens with zero attached hydrogens (tertiary/aromatic N) is 1. The molecule has 0 bridgehead atoms. The van der Waals surface area contributed by atoms with Crippen molar-refractivity contribution in [2.75, 3.05) is 41.0 Å². The maximum atomic E-state index is 13.4. The molecular weight excluding hydrogens is 464 g/mol. The fourth-order valence-corrected chi connectivity index (χ4v) is 3.78. The Balaban J connectivity index is 2.50. The third kappa shape index (κ3) is 5.43. The Labute approximate surface area is 193 Å². The average Bonchev–Trinajstić information content (AvgIpc) is 2.81. The van der Waals surface area contributed by atoms with E-state index in [-0.39, 0.29) is 29.2 Å². The Morgan fingerprint density at radius 2 is 1.85 bits per heavy atom. The molecule has 0 aliphatic carbocycles. The first-order valence-corrected chi connectivity index (χ1v) is 10.1. The van der Waals surface area contributed by atoms with Crippen LogP contribution in [0.3, 0.4) is 0 Å². The van der Waals surface area contributed by atoms with Gasteiger partial charge in [-0.2, -0.15) is 0 Å². The fraction of sp³-hybridized carbons (Fsp3) is 0.526. The third-order valence-electron chi connectivity index (χ3n) is 5.22. The van der Waals surface area contributed by atoms with Gasteiger partial charge in [0.2, 0.25) is 11.7 Å². The number of piperidine rings is 1. The van der Waals surface area contributed by atoms with E-state index < -0.39 is 52.3 Å². The normalized spacial score (nSPS) is 15.7. The molecule has 1 saturated heterocycles. The van der Waals surface area contributed by atoms with Gasteiger partial charge in [0.1, 0.15) is 11.1 Å². The molecule has 0 aromatic heterocycles. The lowest BCUT2D eigenvalue weighted by Crippen LogP contribution is -2.65. The predicted octanol–water partition coefficient (Wildman–Crippen LogP) is -0.232. The number of aliphatic hydroxyl groups excluding tert-OH is 1. The first kappa shape index (κ1) is 26.1. The van der Waals surface area contributed by atoms with Crippen molar-refractivity contribution >= 4 is 35.1 Å². The highest BCUT2D eigenvalue weighted by molar-refractivity contribution is 6.33. The van der Waals surface area contributed by atoms with Gasteiger partial charge in [-0.1, -0.05) is 11.6 Å². The molecule has 13 nitrogen and oxygen atoms in total. The second kappa shape index (κ2) is 11.1. The molecule has 1 aliphatic rings. The Hall–Kier alpha value is -3.16. The van der Waals surface area contributed by atoms with Crippen LogP contribution in [0.4, 0.5) is 5.69 Å². The van der Waals surface area contributed by atoms with Crippen molar-refractivity contribution < 1.29 is 38.6 Å². The standard InChI is InChI=1S/C19H25ClN4O9/c1-31-14-10(20)8-12(24(29)30)15(32-2)13(14)16(26)23-19(4-6-21-7-5-19)18(28)22-11(9-25)17(27)33-3/h8,11,21,25H,4-7,9H2,1-3H3,(H,22,28)(H,23,26). The highest BCUT2D eigenvalue weighted by Gasteiger charge is 2.44. The Morgan fingerprint density at radius 3 is 2.33 bits per heavy atom. The summed E-state index contributed by atoms with van der Waals surface area (Å²) in [5.74, 6) is -3.09. The number of amides is 2. The largest absolute Gasteiger partial charge is 0.494 e. The Kier molecular flexibility index (Phi) is 8.79. The van der Waals surface area contributed by atoms with Gasteiger partial charge in [0, 0.05) is 6.07 Å². The minimum absolute atomic E-state index is 0.122. The molecule has 1 unspecified atom stereocenters. The lowest BCUT2D eigenvalue weighted by Gasteiger charge is -2.37. The van der Waals surface area contributed by atoms with Crippen LogP contribution in [0.2, 0.25) is 5.02 Å². The first-order chi connectivity index (χ1) is 15.6. The molecule has 1 aliphatic heterocycles. The number of nitrogens with one attached hydrogen (secondary N) is 3. The maximum absolute atomic E-state index is 13.4. The number of carbonyl (C=O) groups excluding carboxylic acids is 3. The van der Waals surface area contributed by atoms with Crippen molar-refractivity contribution in [3.05, 3.63) is 26.8 Å². The number of aliphatic hydroxyl groups is 1. The highest BCUT2D eigenvalue weighted by atomic mass is 35.5. The average molecular weight is 489 g/mol. The molecule has 2 amide bonds. The molecule has 0 radical (unpaired) electrons. The van der Waals surface area contributed by atoms with Crippen LogP contribution in [0, 0.1) is 10.1 Å². The molecule has 0 saturated carbocycles. The number of halogens is 1. The molecule has 1 aromatic rings. The number of esters is 1. The summed E-state index contributed by atoms with van der Waals surface area (Å²) in [4.78, 5) is 49.0. The zero-order valence-corrected chi connectivity index (χ0v) is 19.0. The minimum atomic E-state index is -1.52. The number of nitro groups is 1. The number of methoxy groups -OCH3 is 3. The van der Waals surface area contributed by atoms with E-state index in [0.29, 0.717) is 13.1 Å². The molecular formula is C19H25ClN4O9. The van der Waals surface area contributed by atoms with Gasteiger partial charge in [-0.05, 0) is 25.9 Å². The van der Waals surface area contributed by atoms with Crippen LogP contribution in [-0.2, 0) is 14.3 Å². The summed E-state index contributed by atoms with van der Waals surface area (Å²) in [5, 5.41) is 28.8. The second-order valence-electron chi connectivity index (χ2n) is 7.09. The summed E-state index contributed by atoms with van der Waals surface area (Å²) in [6, 6.07) is -0.354. The molecule has 4 N–H and O–H groups in total. The summed E-state index contributed by atoms with van der Waals surface area (Å²) in [6.07, 6.45) is 0.244. The summed E-state index contributed by atoms with van der Waals surface area (Å²) < 4.78 is 14.9. The van der Waals surface area contributed by atoms with E-state index in [0.717, 1.165) is 20.3 Å². The zero-order valence-electron chi connectivity index (χ0n) is 18.2. The quantitative estimate of drug-likeness (QED) is 0.206. The van der Waals surface area contributed by atoms with Crippen molar-refractivity contribution in [3.63, 3.8) is 0 Å². The summed E-state index contributed by atoms with van der Waals surface area (Å²) in [5.41, 5.74) is -2.45. The van der Waals surface area contributed by atoms with Gasteiger partial charge in [-0.3, -0.25) is 19.7 Å². The van der Waals surface area contributed by atoms with Gasteiger partial charge in [0.15, 0.2) is 11.8 Å². The Bertz CT molecular complexity index is 934. The van der Waals surface area contributed by atoms with Crippen molar-refractivity contribution in [1.29, 1.82) is 0 Å². The lowest BCUT2D eigenvalue weighted by atomic mass is 9.86. The maximum Gasteiger partial charge on any atom is 0.330 e. The Morgan fingerprint density at radius 1 is 1.24 bits per heavy atom. The van der Waals surface area contributed by atoms with Gasteiger partial charge in [0.05, 0.1) is 37.9 Å². The van der Waals surface area contributed by atoms with Crippen LogP contribution in [-0.4, -0.2) is 80.4 Å². The number of carbonyl (C=O) groups is 3. The summed E-state index contributed by atoms with van der Waals surface area (Å²) >= 11 is 6.10. The number of ether oxygens (including phenoxy) is 3. The van der Waals surface area contributed by atoms with E-state index in [4.69, 9.17) is 21.1 Å². The number of hydrogen-bond acceptors (Lipinski definition) is 10. The van der Waals surface area contributed by atoms with E-state index in [1.54, 1.807) is 0 Å². The summed E-state index contributed by atoms with van der Waals surface area (Å²) in [6.45, 7) is -0.0256. The monoisotopic (exact) mass is 488 g/mol. The summed E-state index contributed by atoms with van der Waals surface area (Å²) in [7, 11) is 3.46. The molecule has 2 rings (SSSR count). The van der Waals surface area contributed by atoms with Crippen LogP contribution in [0.5, 0.6) is 11.5 Å². The van der Waals surface area contributed by atoms with Crippen molar-refractivity contribution in [2.45, 2.75) is 24.4 Å². The van der Waals surface area contributed by atoms with Crippen LogP contribution < -0.4 is 25.4 Å². The molecule has 1 fully saturated rings. The molecule has 33 heavy (non-hydrogen) atoms. The van der Waals surface area contributed by atoms with E-state index in [9.17, 15) is 29.6 Å². The van der Waals surface area contributed by atoms with Crippen molar-refractivity contribution in [1.82, 2.24) is 16.0 Å². The van der Waals surface area contributed by atoms with Crippen LogP contribution in [0.15, 0.2) is 6.07 Å². The molecule has 1 heterocycles. The highest BCUT2D eigenvalue weighted by Crippen LogP contribution is 2.42. The van der Waals surface area contributed by atoms with Crippen molar-refractivity contribution in [3.8, 4) is 11.5 Å². The number of nitro benzene ring substituents is 1. The SMILES string of the molecule is COC(=O)C(CO)NC(=O)C1(NC(=O)c2c(OC)c(Cl)cc([N+](=O)[O-])c2OC)CCNCC1. The molecule has 1 atom stereocenters. The molecule has 0 spiro atoms. The lowest BCUT2D eigenvalue weighted by molar-refractivity contribution is -0.385.